The van der Waals surface area contributed by atoms with Gasteiger partial charge < -0.3 is 4.74 Å². The van der Waals surface area contributed by atoms with Gasteiger partial charge in [0, 0.05) is 0 Å². The van der Waals surface area contributed by atoms with E-state index in [1.54, 1.807) is 46.1 Å². The van der Waals surface area contributed by atoms with Crippen LogP contribution in [0, 0.1) is 5.92 Å². The van der Waals surface area contributed by atoms with Crippen LogP contribution in [0.5, 0.6) is 0 Å². The maximum absolute atomic E-state index is 12.2. The van der Waals surface area contributed by atoms with E-state index in [9.17, 15) is 13.2 Å². The third kappa shape index (κ3) is 4.88. The lowest BCUT2D eigenvalue weighted by atomic mass is 10.1. The summed E-state index contributed by atoms with van der Waals surface area (Å²) in [6, 6.07) is 2.25. The molecule has 0 aliphatic carbocycles. The van der Waals surface area contributed by atoms with Crippen LogP contribution in [0.25, 0.3) is 0 Å². The molecule has 7 heteroatoms. The summed E-state index contributed by atoms with van der Waals surface area (Å²) in [5.41, 5.74) is -0.654. The summed E-state index contributed by atoms with van der Waals surface area (Å²) in [5, 5.41) is 1.67. The number of esters is 1. The fourth-order valence-electron chi connectivity index (χ4n) is 1.46. The van der Waals surface area contributed by atoms with Crippen LogP contribution in [0.4, 0.5) is 0 Å². The van der Waals surface area contributed by atoms with Crippen molar-refractivity contribution in [1.82, 2.24) is 4.72 Å². The minimum Gasteiger partial charge on any atom is -0.459 e. The van der Waals surface area contributed by atoms with Crippen LogP contribution in [-0.2, 0) is 19.6 Å². The van der Waals surface area contributed by atoms with Crippen LogP contribution < -0.4 is 4.72 Å². The third-order valence-corrected chi connectivity index (χ3v) is 5.21. The van der Waals surface area contributed by atoms with Crippen molar-refractivity contribution in [2.45, 2.75) is 50.5 Å². The number of nitrogens with one attached hydrogen (secondary N) is 1. The van der Waals surface area contributed by atoms with Crippen molar-refractivity contribution in [3.8, 4) is 0 Å². The summed E-state index contributed by atoms with van der Waals surface area (Å²) in [7, 11) is -3.69. The van der Waals surface area contributed by atoms with Crippen molar-refractivity contribution in [3.63, 3.8) is 0 Å². The lowest BCUT2D eigenvalue weighted by Crippen LogP contribution is -2.47. The molecule has 1 atom stereocenters. The first-order valence-corrected chi connectivity index (χ1v) is 8.68. The molecule has 1 N–H and O–H groups in total. The Kier molecular flexibility index (Phi) is 5.34. The van der Waals surface area contributed by atoms with Crippen LogP contribution in [-0.4, -0.2) is 26.0 Å². The first-order valence-electron chi connectivity index (χ1n) is 6.31. The third-order valence-electron chi connectivity index (χ3n) is 2.37. The molecular weight excluding hydrogens is 298 g/mol. The molecule has 1 rings (SSSR count). The molecule has 0 radical (unpaired) electrons. The molecule has 5 nitrogen and oxygen atoms in total. The number of carbonyl (C=O) groups is 1. The van der Waals surface area contributed by atoms with Crippen molar-refractivity contribution >= 4 is 27.3 Å². The molecule has 1 aromatic rings. The zero-order valence-corrected chi connectivity index (χ0v) is 14.0. The molecule has 0 saturated heterocycles. The SMILES string of the molecule is CC(C)[C@@H](NS(=O)(=O)c1cccs1)C(=O)OC(C)(C)C. The van der Waals surface area contributed by atoms with E-state index in [4.69, 9.17) is 4.74 Å². The first kappa shape index (κ1) is 17.1. The van der Waals surface area contributed by atoms with Crippen molar-refractivity contribution in [3.05, 3.63) is 17.5 Å². The van der Waals surface area contributed by atoms with Crippen molar-refractivity contribution < 1.29 is 17.9 Å². The van der Waals surface area contributed by atoms with Gasteiger partial charge in [-0.25, -0.2) is 8.42 Å². The van der Waals surface area contributed by atoms with Crippen LogP contribution in [0.15, 0.2) is 21.7 Å². The molecule has 114 valence electrons. The lowest BCUT2D eigenvalue weighted by molar-refractivity contribution is -0.158. The molecule has 0 aliphatic rings. The molecule has 0 spiro atoms. The molecule has 1 aromatic heterocycles. The minimum absolute atomic E-state index is 0.187. The highest BCUT2D eigenvalue weighted by Crippen LogP contribution is 2.19. The second kappa shape index (κ2) is 6.24. The Balaban J connectivity index is 2.91. The number of sulfonamides is 1. The number of thiophene rings is 1. The van der Waals surface area contributed by atoms with Gasteiger partial charge in [-0.3, -0.25) is 4.79 Å². The van der Waals surface area contributed by atoms with Crippen molar-refractivity contribution in [2.24, 2.45) is 5.92 Å². The molecule has 0 unspecified atom stereocenters. The average Bonchev–Trinajstić information content (AvgIpc) is 2.76. The fraction of sp³-hybridized carbons (Fsp3) is 0.615. The maximum atomic E-state index is 12.2. The van der Waals surface area contributed by atoms with Gasteiger partial charge in [0.15, 0.2) is 0 Å². The Hall–Kier alpha value is -0.920. The highest BCUT2D eigenvalue weighted by molar-refractivity contribution is 7.91. The molecule has 0 aliphatic heterocycles. The molecule has 0 bridgehead atoms. The molecule has 0 fully saturated rings. The topological polar surface area (TPSA) is 72.5 Å². The van der Waals surface area contributed by atoms with Crippen LogP contribution in [0.2, 0.25) is 0 Å². The summed E-state index contributed by atoms with van der Waals surface area (Å²) < 4.78 is 32.2. The van der Waals surface area contributed by atoms with E-state index in [0.717, 1.165) is 11.3 Å². The van der Waals surface area contributed by atoms with Crippen molar-refractivity contribution in [2.75, 3.05) is 0 Å². The number of carbonyl (C=O) groups excluding carboxylic acids is 1. The Morgan fingerprint density at radius 1 is 1.35 bits per heavy atom. The monoisotopic (exact) mass is 319 g/mol. The molecule has 1 heterocycles. The van der Waals surface area contributed by atoms with Gasteiger partial charge in [-0.05, 0) is 38.1 Å². The molecule has 0 saturated carbocycles. The predicted octanol–water partition coefficient (Wildman–Crippen LogP) is 2.39. The van der Waals surface area contributed by atoms with Gasteiger partial charge in [0.05, 0.1) is 0 Å². The average molecular weight is 319 g/mol. The number of ether oxygens (including phenoxy) is 1. The van der Waals surface area contributed by atoms with E-state index < -0.39 is 27.6 Å². The quantitative estimate of drug-likeness (QED) is 0.846. The Bertz CT molecular complexity index is 541. The van der Waals surface area contributed by atoms with Gasteiger partial charge in [0.1, 0.15) is 15.9 Å². The highest BCUT2D eigenvalue weighted by Gasteiger charge is 2.32. The Morgan fingerprint density at radius 2 is 1.95 bits per heavy atom. The van der Waals surface area contributed by atoms with E-state index >= 15 is 0 Å². The van der Waals surface area contributed by atoms with E-state index in [1.807, 2.05) is 0 Å². The first-order chi connectivity index (χ1) is 9.03. The highest BCUT2D eigenvalue weighted by atomic mass is 32.2. The second-order valence-corrected chi connectivity index (χ2v) is 8.70. The number of hydrogen-bond acceptors (Lipinski definition) is 5. The normalized spacial score (nSPS) is 14.3. The van der Waals surface area contributed by atoms with Crippen LogP contribution >= 0.6 is 11.3 Å². The summed E-state index contributed by atoms with van der Waals surface area (Å²) in [4.78, 5) is 12.1. The molecule has 0 aromatic carbocycles. The van der Waals surface area contributed by atoms with Crippen LogP contribution in [0.3, 0.4) is 0 Å². The zero-order chi connectivity index (χ0) is 15.6. The number of hydrogen-bond donors (Lipinski definition) is 1. The molecular formula is C13H21NO4S2. The van der Waals surface area contributed by atoms with Crippen LogP contribution in [0.1, 0.15) is 34.6 Å². The summed E-state index contributed by atoms with van der Waals surface area (Å²) in [5.74, 6) is -0.771. The van der Waals surface area contributed by atoms with E-state index in [1.165, 1.54) is 6.07 Å². The maximum Gasteiger partial charge on any atom is 0.324 e. The standard InChI is InChI=1S/C13H21NO4S2/c1-9(2)11(12(15)18-13(3,4)5)14-20(16,17)10-7-6-8-19-10/h6-9,11,14H,1-5H3/t11-/m1/s1. The van der Waals surface area contributed by atoms with Gasteiger partial charge in [0.25, 0.3) is 10.0 Å². The summed E-state index contributed by atoms with van der Waals surface area (Å²) in [6.45, 7) is 8.78. The second-order valence-electron chi connectivity index (χ2n) is 5.81. The zero-order valence-electron chi connectivity index (χ0n) is 12.3. The van der Waals surface area contributed by atoms with Gasteiger partial charge in [-0.15, -0.1) is 11.3 Å². The number of rotatable bonds is 5. The Labute approximate surface area is 124 Å². The summed E-state index contributed by atoms with van der Waals surface area (Å²) in [6.07, 6.45) is 0. The van der Waals surface area contributed by atoms with Crippen molar-refractivity contribution in [1.29, 1.82) is 0 Å². The van der Waals surface area contributed by atoms with E-state index in [2.05, 4.69) is 4.72 Å². The largest absolute Gasteiger partial charge is 0.459 e. The molecule has 0 amide bonds. The lowest BCUT2D eigenvalue weighted by Gasteiger charge is -2.26. The van der Waals surface area contributed by atoms with E-state index in [-0.39, 0.29) is 10.1 Å². The van der Waals surface area contributed by atoms with Gasteiger partial charge in [-0.2, -0.15) is 4.72 Å². The fourth-order valence-corrected chi connectivity index (χ4v) is 3.81. The smallest absolute Gasteiger partial charge is 0.324 e. The predicted molar refractivity (Wildman–Crippen MR) is 79.1 cm³/mol. The molecule has 20 heavy (non-hydrogen) atoms. The van der Waals surface area contributed by atoms with Gasteiger partial charge >= 0.3 is 5.97 Å². The minimum atomic E-state index is -3.69. The summed E-state index contributed by atoms with van der Waals surface area (Å²) >= 11 is 1.11. The van der Waals surface area contributed by atoms with Gasteiger partial charge in [-0.1, -0.05) is 19.9 Å². The van der Waals surface area contributed by atoms with Gasteiger partial charge in [0.2, 0.25) is 0 Å². The Morgan fingerprint density at radius 3 is 2.35 bits per heavy atom. The van der Waals surface area contributed by atoms with E-state index in [0.29, 0.717) is 0 Å².